The Hall–Kier alpha value is -2.89. The van der Waals surface area contributed by atoms with Gasteiger partial charge in [0.2, 0.25) is 0 Å². The Morgan fingerprint density at radius 2 is 1.86 bits per heavy atom. The van der Waals surface area contributed by atoms with Crippen LogP contribution in [0.4, 0.5) is 5.69 Å². The van der Waals surface area contributed by atoms with E-state index in [-0.39, 0.29) is 12.3 Å². The molecular formula is C15H15N3O3. The van der Waals surface area contributed by atoms with Gasteiger partial charge < -0.3 is 15.7 Å². The summed E-state index contributed by atoms with van der Waals surface area (Å²) >= 11 is 0. The average Bonchev–Trinajstić information content (AvgIpc) is 2.48. The van der Waals surface area contributed by atoms with Crippen LogP contribution in [0.5, 0.6) is 5.75 Å². The average molecular weight is 285 g/mol. The Morgan fingerprint density at radius 3 is 2.52 bits per heavy atom. The van der Waals surface area contributed by atoms with Gasteiger partial charge in [-0.2, -0.15) is 0 Å². The van der Waals surface area contributed by atoms with Gasteiger partial charge in [0, 0.05) is 24.6 Å². The van der Waals surface area contributed by atoms with Crippen molar-refractivity contribution in [2.24, 2.45) is 0 Å². The molecule has 0 saturated heterocycles. The molecule has 0 spiro atoms. The Kier molecular flexibility index (Phi) is 4.50. The maximum Gasteiger partial charge on any atom is 0.313 e. The number of rotatable bonds is 3. The summed E-state index contributed by atoms with van der Waals surface area (Å²) in [7, 11) is 0. The monoisotopic (exact) mass is 285 g/mol. The summed E-state index contributed by atoms with van der Waals surface area (Å²) < 4.78 is 0. The second kappa shape index (κ2) is 6.51. The zero-order valence-electron chi connectivity index (χ0n) is 11.5. The Labute approximate surface area is 121 Å². The maximum atomic E-state index is 11.8. The third kappa shape index (κ3) is 4.04. The first-order valence-electron chi connectivity index (χ1n) is 6.34. The number of aromatic hydroxyl groups is 1. The van der Waals surface area contributed by atoms with E-state index in [0.717, 1.165) is 5.56 Å². The summed E-state index contributed by atoms with van der Waals surface area (Å²) in [6, 6.07) is 7.99. The minimum Gasteiger partial charge on any atom is -0.508 e. The molecule has 0 fully saturated rings. The van der Waals surface area contributed by atoms with Gasteiger partial charge in [-0.05, 0) is 48.4 Å². The molecule has 1 aromatic heterocycles. The van der Waals surface area contributed by atoms with Crippen LogP contribution in [0, 0.1) is 6.92 Å². The molecule has 0 atom stereocenters. The normalized spacial score (nSPS) is 9.95. The number of anilines is 1. The summed E-state index contributed by atoms with van der Waals surface area (Å²) in [6.45, 7) is 1.98. The number of benzene rings is 1. The van der Waals surface area contributed by atoms with Crippen molar-refractivity contribution in [2.75, 3.05) is 5.32 Å². The van der Waals surface area contributed by atoms with E-state index < -0.39 is 11.8 Å². The van der Waals surface area contributed by atoms with Gasteiger partial charge in [-0.25, -0.2) is 0 Å². The number of amides is 2. The molecule has 2 rings (SSSR count). The predicted octanol–water partition coefficient (Wildman–Crippen LogP) is 1.35. The zero-order valence-corrected chi connectivity index (χ0v) is 11.5. The Balaban J connectivity index is 1.92. The van der Waals surface area contributed by atoms with E-state index in [1.54, 1.807) is 37.5 Å². The SMILES string of the molecule is Cc1cc(O)ccc1NC(=O)C(=O)NCc1ccncc1. The molecule has 108 valence electrons. The number of nitrogens with zero attached hydrogens (tertiary/aromatic N) is 1. The number of carbonyl (C=O) groups excluding carboxylic acids is 2. The number of nitrogens with one attached hydrogen (secondary N) is 2. The van der Waals surface area contributed by atoms with Crippen LogP contribution >= 0.6 is 0 Å². The smallest absolute Gasteiger partial charge is 0.313 e. The molecule has 0 saturated carbocycles. The first-order valence-corrected chi connectivity index (χ1v) is 6.34. The van der Waals surface area contributed by atoms with Crippen molar-refractivity contribution >= 4 is 17.5 Å². The summed E-state index contributed by atoms with van der Waals surface area (Å²) in [5, 5.41) is 14.3. The maximum absolute atomic E-state index is 11.8. The highest BCUT2D eigenvalue weighted by atomic mass is 16.3. The summed E-state index contributed by atoms with van der Waals surface area (Å²) in [6.07, 6.45) is 3.22. The number of aromatic nitrogens is 1. The van der Waals surface area contributed by atoms with Gasteiger partial charge in [-0.15, -0.1) is 0 Å². The Bertz CT molecular complexity index is 656. The molecule has 1 aromatic carbocycles. The molecule has 6 heteroatoms. The quantitative estimate of drug-likeness (QED) is 0.586. The number of carbonyl (C=O) groups is 2. The highest BCUT2D eigenvalue weighted by Crippen LogP contribution is 2.19. The van der Waals surface area contributed by atoms with Crippen LogP contribution in [0.1, 0.15) is 11.1 Å². The highest BCUT2D eigenvalue weighted by molar-refractivity contribution is 6.39. The van der Waals surface area contributed by atoms with E-state index in [0.29, 0.717) is 11.3 Å². The lowest BCUT2D eigenvalue weighted by molar-refractivity contribution is -0.136. The van der Waals surface area contributed by atoms with Crippen molar-refractivity contribution in [1.29, 1.82) is 0 Å². The van der Waals surface area contributed by atoms with Gasteiger partial charge in [-0.1, -0.05) is 0 Å². The highest BCUT2D eigenvalue weighted by Gasteiger charge is 2.14. The summed E-state index contributed by atoms with van der Waals surface area (Å²) in [5.74, 6) is -1.37. The van der Waals surface area contributed by atoms with Crippen molar-refractivity contribution in [3.63, 3.8) is 0 Å². The molecule has 0 unspecified atom stereocenters. The third-order valence-corrected chi connectivity index (χ3v) is 2.87. The fourth-order valence-electron chi connectivity index (χ4n) is 1.73. The summed E-state index contributed by atoms with van der Waals surface area (Å²) in [4.78, 5) is 27.4. The first kappa shape index (κ1) is 14.5. The van der Waals surface area contributed by atoms with Gasteiger partial charge in [0.25, 0.3) is 0 Å². The predicted molar refractivity (Wildman–Crippen MR) is 77.6 cm³/mol. The molecule has 6 nitrogen and oxygen atoms in total. The molecule has 2 aromatic rings. The van der Waals surface area contributed by atoms with Crippen LogP contribution in [0.15, 0.2) is 42.7 Å². The van der Waals surface area contributed by atoms with E-state index in [1.807, 2.05) is 0 Å². The number of hydrogen-bond donors (Lipinski definition) is 3. The second-order valence-electron chi connectivity index (χ2n) is 4.49. The lowest BCUT2D eigenvalue weighted by atomic mass is 10.2. The topological polar surface area (TPSA) is 91.3 Å². The molecule has 2 amide bonds. The second-order valence-corrected chi connectivity index (χ2v) is 4.49. The van der Waals surface area contributed by atoms with Crippen LogP contribution in [-0.4, -0.2) is 21.9 Å². The third-order valence-electron chi connectivity index (χ3n) is 2.87. The van der Waals surface area contributed by atoms with Crippen LogP contribution < -0.4 is 10.6 Å². The first-order chi connectivity index (χ1) is 10.1. The van der Waals surface area contributed by atoms with Gasteiger partial charge in [0.05, 0.1) is 0 Å². The standard InChI is InChI=1S/C15H15N3O3/c1-10-8-12(19)2-3-13(10)18-15(21)14(20)17-9-11-4-6-16-7-5-11/h2-8,19H,9H2,1H3,(H,17,20)(H,18,21). The van der Waals surface area contributed by atoms with Gasteiger partial charge in [-0.3, -0.25) is 14.6 Å². The zero-order chi connectivity index (χ0) is 15.2. The number of phenols is 1. The van der Waals surface area contributed by atoms with Gasteiger partial charge in [0.15, 0.2) is 0 Å². The van der Waals surface area contributed by atoms with Gasteiger partial charge in [0.1, 0.15) is 5.75 Å². The fraction of sp³-hybridized carbons (Fsp3) is 0.133. The van der Waals surface area contributed by atoms with E-state index in [9.17, 15) is 14.7 Å². The van der Waals surface area contributed by atoms with Crippen LogP contribution in [0.25, 0.3) is 0 Å². The number of pyridine rings is 1. The van der Waals surface area contributed by atoms with Crippen molar-refractivity contribution in [1.82, 2.24) is 10.3 Å². The molecule has 1 heterocycles. The van der Waals surface area contributed by atoms with Crippen molar-refractivity contribution in [3.8, 4) is 5.75 Å². The molecule has 3 N–H and O–H groups in total. The molecular weight excluding hydrogens is 270 g/mol. The number of aryl methyl sites for hydroxylation is 1. The molecule has 21 heavy (non-hydrogen) atoms. The van der Waals surface area contributed by atoms with E-state index >= 15 is 0 Å². The van der Waals surface area contributed by atoms with Crippen molar-refractivity contribution < 1.29 is 14.7 Å². The summed E-state index contributed by atoms with van der Waals surface area (Å²) in [5.41, 5.74) is 2.01. The molecule has 0 bridgehead atoms. The van der Waals surface area contributed by atoms with E-state index in [2.05, 4.69) is 15.6 Å². The molecule has 0 aliphatic heterocycles. The molecule has 0 aliphatic carbocycles. The van der Waals surface area contributed by atoms with Gasteiger partial charge >= 0.3 is 11.8 Å². The number of hydrogen-bond acceptors (Lipinski definition) is 4. The van der Waals surface area contributed by atoms with Crippen LogP contribution in [-0.2, 0) is 16.1 Å². The van der Waals surface area contributed by atoms with E-state index in [4.69, 9.17) is 0 Å². The largest absolute Gasteiger partial charge is 0.508 e. The minimum atomic E-state index is -0.752. The van der Waals surface area contributed by atoms with Crippen molar-refractivity contribution in [3.05, 3.63) is 53.9 Å². The fourth-order valence-corrected chi connectivity index (χ4v) is 1.73. The van der Waals surface area contributed by atoms with Crippen LogP contribution in [0.3, 0.4) is 0 Å². The van der Waals surface area contributed by atoms with Crippen LogP contribution in [0.2, 0.25) is 0 Å². The lowest BCUT2D eigenvalue weighted by Gasteiger charge is -2.09. The molecule has 0 radical (unpaired) electrons. The minimum absolute atomic E-state index is 0.104. The molecule has 0 aliphatic rings. The lowest BCUT2D eigenvalue weighted by Crippen LogP contribution is -2.35. The van der Waals surface area contributed by atoms with E-state index in [1.165, 1.54) is 12.1 Å². The Morgan fingerprint density at radius 1 is 1.14 bits per heavy atom. The number of phenolic OH excluding ortho intramolecular Hbond substituents is 1. The van der Waals surface area contributed by atoms with Crippen molar-refractivity contribution in [2.45, 2.75) is 13.5 Å².